The quantitative estimate of drug-likeness (QED) is 0.147. The van der Waals surface area contributed by atoms with Crippen molar-refractivity contribution in [2.75, 3.05) is 31.7 Å². The Bertz CT molecular complexity index is 1570. The van der Waals surface area contributed by atoms with Crippen LogP contribution in [-0.2, 0) is 32.0 Å². The van der Waals surface area contributed by atoms with E-state index in [1.54, 1.807) is 51.1 Å². The summed E-state index contributed by atoms with van der Waals surface area (Å²) >= 11 is 0. The minimum Gasteiger partial charge on any atom is -0.490 e. The first-order valence-electron chi connectivity index (χ1n) is 14.2. The van der Waals surface area contributed by atoms with E-state index >= 15 is 0 Å². The van der Waals surface area contributed by atoms with Crippen molar-refractivity contribution in [3.05, 3.63) is 53.2 Å². The molecular formula is C30H32F6N4O7. The highest BCUT2D eigenvalue weighted by molar-refractivity contribution is 6.08. The van der Waals surface area contributed by atoms with Crippen LogP contribution in [0, 0.1) is 0 Å². The lowest BCUT2D eigenvalue weighted by atomic mass is 10.0. The summed E-state index contributed by atoms with van der Waals surface area (Å²) in [6, 6.07) is 6.79. The van der Waals surface area contributed by atoms with Crippen molar-refractivity contribution in [2.24, 2.45) is 5.73 Å². The number of nitrogens with one attached hydrogen (secondary N) is 2. The largest absolute Gasteiger partial charge is 0.490 e. The third-order valence-corrected chi connectivity index (χ3v) is 6.56. The molecule has 0 aliphatic heterocycles. The third kappa shape index (κ3) is 9.60. The predicted octanol–water partition coefficient (Wildman–Crippen LogP) is 5.11. The Morgan fingerprint density at radius 2 is 1.47 bits per heavy atom. The molecule has 3 rings (SSSR count). The van der Waals surface area contributed by atoms with E-state index in [-0.39, 0.29) is 12.1 Å². The molecule has 256 valence electrons. The molecule has 17 heteroatoms. The first kappa shape index (κ1) is 36.7. The van der Waals surface area contributed by atoms with Gasteiger partial charge in [-0.15, -0.1) is 0 Å². The average Bonchev–Trinajstić information content (AvgIpc) is 3.00. The lowest BCUT2D eigenvalue weighted by Gasteiger charge is -2.22. The average molecular weight is 675 g/mol. The van der Waals surface area contributed by atoms with Gasteiger partial charge in [-0.25, -0.2) is 9.59 Å². The van der Waals surface area contributed by atoms with E-state index < -0.39 is 49.5 Å². The topological polar surface area (TPSA) is 151 Å². The van der Waals surface area contributed by atoms with Crippen LogP contribution >= 0.6 is 0 Å². The number of hydrogen-bond acceptors (Lipinski definition) is 10. The number of primary amides is 1. The summed E-state index contributed by atoms with van der Waals surface area (Å²) in [5.41, 5.74) is 8.11. The number of aromatic nitrogens is 1. The van der Waals surface area contributed by atoms with Gasteiger partial charge in [0.05, 0.1) is 36.0 Å². The maximum Gasteiger partial charge on any atom is 0.490 e. The molecule has 0 aliphatic rings. The Hall–Kier alpha value is -4.80. The van der Waals surface area contributed by atoms with Gasteiger partial charge in [0, 0.05) is 29.9 Å². The van der Waals surface area contributed by atoms with Crippen molar-refractivity contribution in [1.29, 1.82) is 0 Å². The summed E-state index contributed by atoms with van der Waals surface area (Å²) < 4.78 is 95.7. The summed E-state index contributed by atoms with van der Waals surface area (Å²) in [7, 11) is 0. The molecule has 0 bridgehead atoms. The van der Waals surface area contributed by atoms with Gasteiger partial charge in [-0.05, 0) is 43.5 Å². The first-order chi connectivity index (χ1) is 22.1. The van der Waals surface area contributed by atoms with Crippen LogP contribution in [-0.4, -0.2) is 67.7 Å². The lowest BCUT2D eigenvalue weighted by Crippen LogP contribution is -2.41. The molecule has 1 aromatic heterocycles. The van der Waals surface area contributed by atoms with Crippen molar-refractivity contribution in [2.45, 2.75) is 52.1 Å². The number of nitrogens with two attached hydrogens (primary N) is 1. The van der Waals surface area contributed by atoms with Gasteiger partial charge in [0.1, 0.15) is 13.2 Å². The monoisotopic (exact) mass is 674 g/mol. The van der Waals surface area contributed by atoms with E-state index in [0.717, 1.165) is 0 Å². The molecule has 4 N–H and O–H groups in total. The zero-order valence-electron chi connectivity index (χ0n) is 25.4. The molecule has 3 aromatic rings. The molecular weight excluding hydrogens is 642 g/mol. The second-order valence-corrected chi connectivity index (χ2v) is 9.79. The standard InChI is InChI=1S/C30H32F6N4O7/c1-4-18-16(12-38-17(14-46-27(42)29(31,32)33)15-47-28(43)30(34,35)36)8-7-9-21(18)40-25-19-10-23(44-5-2)24(45-6-3)11-22(19)39-13-20(25)26(37)41/h7-11,13,17,38H,4-6,12,14-15H2,1-3H3,(H2,37,41)(H,39,40). The number of benzene rings is 2. The van der Waals surface area contributed by atoms with Gasteiger partial charge >= 0.3 is 24.3 Å². The van der Waals surface area contributed by atoms with E-state index in [9.17, 15) is 40.7 Å². The van der Waals surface area contributed by atoms with E-state index in [1.807, 2.05) is 0 Å². The number of fused-ring (bicyclic) bond motifs is 1. The lowest BCUT2D eigenvalue weighted by molar-refractivity contribution is -0.204. The van der Waals surface area contributed by atoms with Gasteiger partial charge in [-0.1, -0.05) is 19.1 Å². The van der Waals surface area contributed by atoms with Crippen LogP contribution < -0.4 is 25.8 Å². The number of nitrogens with zero attached hydrogens (tertiary/aromatic N) is 1. The Kier molecular flexibility index (Phi) is 12.2. The van der Waals surface area contributed by atoms with Crippen LogP contribution in [0.2, 0.25) is 0 Å². The minimum absolute atomic E-state index is 0.0488. The number of halogens is 6. The second kappa shape index (κ2) is 15.7. The number of ether oxygens (including phenoxy) is 4. The SMILES string of the molecule is CCOc1cc2ncc(C(N)=O)c(Nc3cccc(CNC(COC(=O)C(F)(F)F)COC(=O)C(F)(F)F)c3CC)c2cc1OCC. The molecule has 0 spiro atoms. The van der Waals surface area contributed by atoms with Gasteiger partial charge < -0.3 is 35.3 Å². The molecule has 0 radical (unpaired) electrons. The van der Waals surface area contributed by atoms with Crippen LogP contribution in [0.1, 0.15) is 42.3 Å². The van der Waals surface area contributed by atoms with Crippen LogP contribution in [0.4, 0.5) is 37.7 Å². The molecule has 47 heavy (non-hydrogen) atoms. The maximum absolute atomic E-state index is 12.7. The molecule has 2 aromatic carbocycles. The highest BCUT2D eigenvalue weighted by Gasteiger charge is 2.42. The van der Waals surface area contributed by atoms with Gasteiger partial charge in [0.25, 0.3) is 5.91 Å². The van der Waals surface area contributed by atoms with Gasteiger partial charge in [-0.3, -0.25) is 9.78 Å². The van der Waals surface area contributed by atoms with Crippen LogP contribution in [0.3, 0.4) is 0 Å². The van der Waals surface area contributed by atoms with E-state index in [4.69, 9.17) is 15.2 Å². The number of esters is 2. The summed E-state index contributed by atoms with van der Waals surface area (Å²) in [6.07, 6.45) is -9.03. The van der Waals surface area contributed by atoms with Crippen LogP contribution in [0.15, 0.2) is 36.5 Å². The number of hydrogen-bond donors (Lipinski definition) is 3. The number of anilines is 2. The molecule has 1 amide bonds. The maximum atomic E-state index is 12.7. The summed E-state index contributed by atoms with van der Waals surface area (Å²) in [6.45, 7) is 3.78. The molecule has 0 aliphatic carbocycles. The Morgan fingerprint density at radius 1 is 0.894 bits per heavy atom. The molecule has 1 heterocycles. The van der Waals surface area contributed by atoms with Crippen molar-refractivity contribution in [1.82, 2.24) is 10.3 Å². The van der Waals surface area contributed by atoms with Gasteiger partial charge in [-0.2, -0.15) is 26.3 Å². The third-order valence-electron chi connectivity index (χ3n) is 6.56. The summed E-state index contributed by atoms with van der Waals surface area (Å²) in [5, 5.41) is 6.38. The van der Waals surface area contributed by atoms with E-state index in [0.29, 0.717) is 64.5 Å². The Balaban J connectivity index is 1.97. The number of carbonyl (C=O) groups is 3. The van der Waals surface area contributed by atoms with Crippen molar-refractivity contribution in [3.8, 4) is 11.5 Å². The first-order valence-corrected chi connectivity index (χ1v) is 14.2. The van der Waals surface area contributed by atoms with E-state index in [1.165, 1.54) is 6.20 Å². The normalized spacial score (nSPS) is 11.8. The fourth-order valence-corrected chi connectivity index (χ4v) is 4.46. The molecule has 0 saturated carbocycles. The van der Waals surface area contributed by atoms with Crippen LogP contribution in [0.25, 0.3) is 10.9 Å². The number of carbonyl (C=O) groups excluding carboxylic acids is 3. The summed E-state index contributed by atoms with van der Waals surface area (Å²) in [5.74, 6) is -5.09. The fourth-order valence-electron chi connectivity index (χ4n) is 4.46. The van der Waals surface area contributed by atoms with E-state index in [2.05, 4.69) is 25.1 Å². The highest BCUT2D eigenvalue weighted by Crippen LogP contribution is 2.38. The smallest absolute Gasteiger partial charge is 0.490 e. The van der Waals surface area contributed by atoms with Crippen molar-refractivity contribution < 1.29 is 59.7 Å². The zero-order chi connectivity index (χ0) is 34.9. The second-order valence-electron chi connectivity index (χ2n) is 9.79. The molecule has 0 saturated heterocycles. The number of rotatable bonds is 15. The molecule has 0 atom stereocenters. The summed E-state index contributed by atoms with van der Waals surface area (Å²) in [4.78, 5) is 39.2. The van der Waals surface area contributed by atoms with Gasteiger partial charge in [0.2, 0.25) is 0 Å². The zero-order valence-corrected chi connectivity index (χ0v) is 25.4. The fraction of sp³-hybridized carbons (Fsp3) is 0.400. The molecule has 11 nitrogen and oxygen atoms in total. The number of alkyl halides is 6. The highest BCUT2D eigenvalue weighted by atomic mass is 19.4. The Labute approximate surface area is 264 Å². The number of pyridine rings is 1. The van der Waals surface area contributed by atoms with Crippen molar-refractivity contribution in [3.63, 3.8) is 0 Å². The van der Waals surface area contributed by atoms with Crippen molar-refractivity contribution >= 4 is 40.1 Å². The van der Waals surface area contributed by atoms with Gasteiger partial charge in [0.15, 0.2) is 11.5 Å². The molecule has 0 fully saturated rings. The minimum atomic E-state index is -5.35. The van der Waals surface area contributed by atoms with Crippen LogP contribution in [0.5, 0.6) is 11.5 Å². The number of amides is 1. The molecule has 0 unspecified atom stereocenters. The predicted molar refractivity (Wildman–Crippen MR) is 156 cm³/mol. The Morgan fingerprint density at radius 3 is 1.98 bits per heavy atom.